The zero-order valence-corrected chi connectivity index (χ0v) is 41.2. The Balaban J connectivity index is 1.12. The molecule has 1 aromatic carbocycles. The number of benzene rings is 1. The molecule has 0 radical (unpaired) electrons. The number of aryl methyl sites for hydroxylation is 1. The molecule has 0 saturated carbocycles. The molecule has 0 aliphatic rings. The van der Waals surface area contributed by atoms with Crippen molar-refractivity contribution in [3.8, 4) is 5.75 Å². The van der Waals surface area contributed by atoms with Gasteiger partial charge in [-0.2, -0.15) is 0 Å². The summed E-state index contributed by atoms with van der Waals surface area (Å²) >= 11 is 0. The Morgan fingerprint density at radius 2 is 1.04 bits per heavy atom. The van der Waals surface area contributed by atoms with E-state index in [1.54, 1.807) is 49.2 Å². The highest BCUT2D eigenvalue weighted by atomic mass is 16.3. The second kappa shape index (κ2) is 25.8. The number of aromatic hydroxyl groups is 1. The summed E-state index contributed by atoms with van der Waals surface area (Å²) in [6, 6.07) is 4.99. The number of hydrogen-bond acceptors (Lipinski definition) is 18. The monoisotopic (exact) mass is 1010 g/mol. The van der Waals surface area contributed by atoms with Crippen LogP contribution in [0.25, 0.3) is 0 Å². The third-order valence-corrected chi connectivity index (χ3v) is 12.2. The van der Waals surface area contributed by atoms with Crippen molar-refractivity contribution in [1.82, 2.24) is 106 Å². The molecular formula is C44H67N27O2. The van der Waals surface area contributed by atoms with Gasteiger partial charge in [-0.1, -0.05) is 43.4 Å². The van der Waals surface area contributed by atoms with E-state index < -0.39 is 12.1 Å². The molecule has 0 aliphatic carbocycles. The van der Waals surface area contributed by atoms with Crippen LogP contribution in [0.3, 0.4) is 0 Å². The molecule has 29 nitrogen and oxygen atoms in total. The first-order valence-corrected chi connectivity index (χ1v) is 24.4. The van der Waals surface area contributed by atoms with Crippen molar-refractivity contribution in [2.75, 3.05) is 26.2 Å². The molecule has 7 rings (SSSR count). The maximum atomic E-state index is 12.2. The van der Waals surface area contributed by atoms with Crippen LogP contribution in [0.2, 0.25) is 0 Å². The van der Waals surface area contributed by atoms with Crippen LogP contribution in [0, 0.1) is 10.8 Å². The molecule has 29 heteroatoms. The smallest absolute Gasteiger partial charge is 0.217 e. The first-order chi connectivity index (χ1) is 35.4. The van der Waals surface area contributed by atoms with Crippen molar-refractivity contribution >= 4 is 17.8 Å². The van der Waals surface area contributed by atoms with Crippen molar-refractivity contribution in [2.24, 2.45) is 30.0 Å². The second-order valence-electron chi connectivity index (χ2n) is 17.9. The van der Waals surface area contributed by atoms with Crippen LogP contribution in [0.5, 0.6) is 5.75 Å². The largest absolute Gasteiger partial charge is 0.508 e. The number of hydrogen-bond donors (Lipinski definition) is 10. The maximum absolute atomic E-state index is 12.2. The highest BCUT2D eigenvalue weighted by molar-refractivity contribution is 5.74. The molecule has 7 aromatic rings. The zero-order valence-electron chi connectivity index (χ0n) is 41.2. The summed E-state index contributed by atoms with van der Waals surface area (Å²) in [7, 11) is 1.81. The second-order valence-corrected chi connectivity index (χ2v) is 17.9. The number of nitrogens with zero attached hydrogens (tertiary/aromatic N) is 18. The molecule has 0 bridgehead atoms. The minimum absolute atomic E-state index is 0.0881. The fourth-order valence-electron chi connectivity index (χ4n) is 8.57. The van der Waals surface area contributed by atoms with Gasteiger partial charge in [0.25, 0.3) is 0 Å². The third-order valence-electron chi connectivity index (χ3n) is 12.2. The molecule has 73 heavy (non-hydrogen) atoms. The minimum Gasteiger partial charge on any atom is -0.508 e. The Kier molecular flexibility index (Phi) is 18.6. The number of nitrogens with one attached hydrogen (secondary N) is 5. The Hall–Kier alpha value is -8.21. The van der Waals surface area contributed by atoms with E-state index in [-0.39, 0.29) is 48.2 Å². The molecule has 14 N–H and O–H groups in total. The number of carbonyl (C=O) groups excluding carboxylic acids is 1. The Morgan fingerprint density at radius 3 is 1.51 bits per heavy atom. The quantitative estimate of drug-likeness (QED) is 0.0162. The van der Waals surface area contributed by atoms with Crippen molar-refractivity contribution in [3.05, 3.63) is 101 Å². The number of phenolic OH excluding ortho intramolecular Hbond substituents is 1. The van der Waals surface area contributed by atoms with Gasteiger partial charge in [0.15, 0.2) is 11.9 Å². The van der Waals surface area contributed by atoms with E-state index in [1.807, 2.05) is 47.4 Å². The predicted octanol–water partition coefficient (Wildman–Crippen LogP) is 0.0885. The summed E-state index contributed by atoms with van der Waals surface area (Å²) in [5.74, 6) is -0.271. The standard InChI is InChI=1S/C44H67N27O2/c1-29(72)53-33(21-30-13-15-32(73)16-14-30)34-25-67(61-55-34)22-31-23-68(62-54-31)42(12-8-20-52-44(49)50)38-28-70(64-59-38)39(9-3-5-17-45)36-26-69(63-57-36)40(10-4-6-18-46)37-27-71(65-58-37)41(11-7-19-51-43(47)48)35-24-66(2)60-56-35/h13-16,23-28,33,39-42,73H,3-12,17-22,45-46H2,1-2H3,(H,53,72)(H4,47,48,51)(H4,49,50,52)/t33-,39-,40-,41-,42-/m0/s1. The SMILES string of the molecule is CC(=O)N[C@@H](Cc1ccc(O)cc1)c1cn(Cc2cn([C@@H](CCCNC(=N)N)c3cn([C@@H](CCCCN)c4cn([C@@H](CCCCN)c5cn([C@@H](CCCNC(=N)N)c6cn(C)nn6)nn5)nn4)nn3)nn2)nn1. The predicted molar refractivity (Wildman–Crippen MR) is 265 cm³/mol. The van der Waals surface area contributed by atoms with Crippen LogP contribution in [0.15, 0.2) is 61.4 Å². The lowest BCUT2D eigenvalue weighted by molar-refractivity contribution is -0.119. The summed E-state index contributed by atoms with van der Waals surface area (Å²) in [6.07, 6.45) is 18.7. The lowest BCUT2D eigenvalue weighted by Gasteiger charge is -2.17. The van der Waals surface area contributed by atoms with Crippen LogP contribution in [0.1, 0.15) is 141 Å². The summed E-state index contributed by atoms with van der Waals surface area (Å²) in [6.45, 7) is 3.73. The summed E-state index contributed by atoms with van der Waals surface area (Å²) in [5.41, 5.74) is 27.9. The van der Waals surface area contributed by atoms with Crippen LogP contribution in [-0.4, -0.2) is 139 Å². The summed E-state index contributed by atoms with van der Waals surface area (Å²) in [4.78, 5) is 12.2. The first-order valence-electron chi connectivity index (χ1n) is 24.4. The van der Waals surface area contributed by atoms with Gasteiger partial charge in [0.05, 0.1) is 73.9 Å². The molecule has 6 heterocycles. The van der Waals surface area contributed by atoms with Gasteiger partial charge >= 0.3 is 0 Å². The Bertz CT molecular complexity index is 2800. The zero-order chi connectivity index (χ0) is 51.7. The van der Waals surface area contributed by atoms with E-state index in [1.165, 1.54) is 6.92 Å². The molecule has 0 aliphatic heterocycles. The molecule has 5 atom stereocenters. The summed E-state index contributed by atoms with van der Waals surface area (Å²) in [5, 5.41) is 88.0. The van der Waals surface area contributed by atoms with Gasteiger partial charge in [-0.25, -0.2) is 23.4 Å². The lowest BCUT2D eigenvalue weighted by atomic mass is 10.0. The number of unbranched alkanes of at least 4 members (excludes halogenated alkanes) is 2. The first kappa shape index (κ1) is 52.6. The average molecular weight is 1010 g/mol. The Labute approximate surface area is 420 Å². The molecule has 0 spiro atoms. The number of nitrogens with two attached hydrogens (primary N) is 4. The molecule has 390 valence electrons. The fourth-order valence-corrected chi connectivity index (χ4v) is 8.57. The minimum atomic E-state index is -0.454. The van der Waals surface area contributed by atoms with Crippen molar-refractivity contribution in [3.63, 3.8) is 0 Å². The Morgan fingerprint density at radius 1 is 0.589 bits per heavy atom. The maximum Gasteiger partial charge on any atom is 0.217 e. The number of amides is 1. The molecule has 0 unspecified atom stereocenters. The van der Waals surface area contributed by atoms with E-state index >= 15 is 0 Å². The van der Waals surface area contributed by atoms with Crippen molar-refractivity contribution < 1.29 is 9.90 Å². The molecular weight excluding hydrogens is 939 g/mol. The lowest BCUT2D eigenvalue weighted by Crippen LogP contribution is -2.31. The molecule has 0 fully saturated rings. The van der Waals surface area contributed by atoms with Gasteiger partial charge < -0.3 is 44.0 Å². The third kappa shape index (κ3) is 14.9. The van der Waals surface area contributed by atoms with E-state index in [0.717, 1.165) is 36.9 Å². The molecule has 6 aromatic heterocycles. The van der Waals surface area contributed by atoms with Gasteiger partial charge in [-0.05, 0) is 101 Å². The van der Waals surface area contributed by atoms with Crippen molar-refractivity contribution in [1.29, 1.82) is 10.8 Å². The van der Waals surface area contributed by atoms with Gasteiger partial charge in [0.1, 0.15) is 39.9 Å². The highest BCUT2D eigenvalue weighted by Crippen LogP contribution is 2.30. The summed E-state index contributed by atoms with van der Waals surface area (Å²) < 4.78 is 10.5. The van der Waals surface area contributed by atoms with Crippen LogP contribution in [0.4, 0.5) is 0 Å². The highest BCUT2D eigenvalue weighted by Gasteiger charge is 2.28. The van der Waals surface area contributed by atoms with Crippen LogP contribution < -0.4 is 38.9 Å². The van der Waals surface area contributed by atoms with Gasteiger partial charge in [0, 0.05) is 27.1 Å². The van der Waals surface area contributed by atoms with E-state index in [2.05, 4.69) is 67.6 Å². The fraction of sp³-hybridized carbons (Fsp3) is 0.523. The number of carbonyl (C=O) groups is 1. The van der Waals surface area contributed by atoms with E-state index in [0.29, 0.717) is 99.6 Å². The van der Waals surface area contributed by atoms with Crippen LogP contribution in [-0.2, 0) is 24.8 Å². The average Bonchev–Trinajstić information content (AvgIpc) is 4.24. The number of phenols is 1. The van der Waals surface area contributed by atoms with Gasteiger partial charge in [-0.15, -0.1) is 30.6 Å². The molecule has 0 saturated heterocycles. The van der Waals surface area contributed by atoms with Crippen molar-refractivity contribution in [2.45, 2.75) is 114 Å². The molecule has 1 amide bonds. The van der Waals surface area contributed by atoms with E-state index in [4.69, 9.17) is 44.0 Å². The topological polar surface area (TPSA) is 409 Å². The normalized spacial score (nSPS) is 13.6. The van der Waals surface area contributed by atoms with Gasteiger partial charge in [-0.3, -0.25) is 20.3 Å². The number of aromatic nitrogens is 18. The number of rotatable bonds is 30. The van der Waals surface area contributed by atoms with Crippen LogP contribution >= 0.6 is 0 Å². The number of guanidine groups is 2. The van der Waals surface area contributed by atoms with Gasteiger partial charge in [0.2, 0.25) is 5.91 Å². The van der Waals surface area contributed by atoms with E-state index in [9.17, 15) is 9.90 Å².